The van der Waals surface area contributed by atoms with Gasteiger partial charge in [-0.1, -0.05) is 6.92 Å². The largest absolute Gasteiger partial charge is 0.479 e. The molecule has 0 spiro atoms. The predicted molar refractivity (Wildman–Crippen MR) is 74.6 cm³/mol. The van der Waals surface area contributed by atoms with Crippen molar-refractivity contribution in [3.05, 3.63) is 0 Å². The molecule has 1 heterocycles. The van der Waals surface area contributed by atoms with Crippen LogP contribution in [-0.4, -0.2) is 77.4 Å². The Kier molecular flexibility index (Phi) is 6.74. The second-order valence-corrected chi connectivity index (χ2v) is 5.25. The molecule has 0 aromatic rings. The number of aliphatic hydroxyl groups excluding tert-OH is 1. The van der Waals surface area contributed by atoms with Gasteiger partial charge in [0.1, 0.15) is 0 Å². The number of rotatable bonds is 5. The monoisotopic (exact) mass is 287 g/mol. The number of likely N-dealkylation sites (N-methyl/N-ethyl adjacent to an activating group) is 1. The van der Waals surface area contributed by atoms with E-state index in [4.69, 9.17) is 10.2 Å². The van der Waals surface area contributed by atoms with Gasteiger partial charge in [-0.25, -0.2) is 9.59 Å². The molecule has 2 atom stereocenters. The lowest BCUT2D eigenvalue weighted by Crippen LogP contribution is -2.48. The topological polar surface area (TPSA) is 93.1 Å². The second kappa shape index (κ2) is 8.06. The van der Waals surface area contributed by atoms with Crippen molar-refractivity contribution in [1.82, 2.24) is 15.1 Å². The van der Waals surface area contributed by atoms with Gasteiger partial charge in [0, 0.05) is 32.1 Å². The molecule has 7 nitrogen and oxygen atoms in total. The number of carboxylic acid groups (broad SMARTS) is 1. The van der Waals surface area contributed by atoms with Crippen LogP contribution < -0.4 is 5.32 Å². The molecule has 0 bridgehead atoms. The SMILES string of the molecule is CCC1CN(C)CCCN1C(=O)NCCC(O)C(=O)O. The first kappa shape index (κ1) is 16.7. The number of hydrogen-bond acceptors (Lipinski definition) is 4. The van der Waals surface area contributed by atoms with E-state index >= 15 is 0 Å². The Morgan fingerprint density at radius 2 is 2.10 bits per heavy atom. The number of hydrogen-bond donors (Lipinski definition) is 3. The number of carbonyl (C=O) groups excluding carboxylic acids is 1. The quantitative estimate of drug-likeness (QED) is 0.659. The van der Waals surface area contributed by atoms with Gasteiger partial charge in [0.25, 0.3) is 0 Å². The van der Waals surface area contributed by atoms with Gasteiger partial charge in [-0.15, -0.1) is 0 Å². The van der Waals surface area contributed by atoms with E-state index in [9.17, 15) is 9.59 Å². The average Bonchev–Trinajstić information content (AvgIpc) is 2.59. The molecule has 20 heavy (non-hydrogen) atoms. The van der Waals surface area contributed by atoms with E-state index in [0.29, 0.717) is 6.54 Å². The molecule has 1 saturated heterocycles. The van der Waals surface area contributed by atoms with E-state index in [2.05, 4.69) is 17.1 Å². The van der Waals surface area contributed by atoms with Crippen LogP contribution in [0.1, 0.15) is 26.2 Å². The Bertz CT molecular complexity index is 338. The van der Waals surface area contributed by atoms with Crippen LogP contribution in [0.15, 0.2) is 0 Å². The van der Waals surface area contributed by atoms with Gasteiger partial charge in [-0.3, -0.25) is 0 Å². The molecule has 116 valence electrons. The zero-order valence-electron chi connectivity index (χ0n) is 12.2. The van der Waals surface area contributed by atoms with E-state index in [-0.39, 0.29) is 25.0 Å². The molecule has 1 aliphatic heterocycles. The first-order valence-electron chi connectivity index (χ1n) is 7.09. The Morgan fingerprint density at radius 3 is 2.70 bits per heavy atom. The minimum Gasteiger partial charge on any atom is -0.479 e. The lowest BCUT2D eigenvalue weighted by atomic mass is 10.2. The number of carboxylic acids is 1. The minimum atomic E-state index is -1.42. The maximum Gasteiger partial charge on any atom is 0.332 e. The highest BCUT2D eigenvalue weighted by molar-refractivity contribution is 5.75. The van der Waals surface area contributed by atoms with Crippen molar-refractivity contribution in [2.45, 2.75) is 38.3 Å². The van der Waals surface area contributed by atoms with Crippen LogP contribution in [0.2, 0.25) is 0 Å². The standard InChI is InChI=1S/C13H25N3O4/c1-3-10-9-15(2)7-4-8-16(10)13(20)14-6-5-11(17)12(18)19/h10-11,17H,3-9H2,1-2H3,(H,14,20)(H,18,19). The third kappa shape index (κ3) is 4.97. The number of nitrogens with one attached hydrogen (secondary N) is 1. The first-order chi connectivity index (χ1) is 9.45. The highest BCUT2D eigenvalue weighted by Gasteiger charge is 2.26. The van der Waals surface area contributed by atoms with E-state index in [1.165, 1.54) is 0 Å². The number of aliphatic carboxylic acids is 1. The number of nitrogens with zero attached hydrogens (tertiary/aromatic N) is 2. The summed E-state index contributed by atoms with van der Waals surface area (Å²) in [7, 11) is 2.05. The van der Waals surface area contributed by atoms with Crippen LogP contribution in [-0.2, 0) is 4.79 Å². The Labute approximate surface area is 119 Å². The van der Waals surface area contributed by atoms with Gasteiger partial charge in [0.05, 0.1) is 0 Å². The molecular weight excluding hydrogens is 262 g/mol. The van der Waals surface area contributed by atoms with E-state index in [0.717, 1.165) is 25.9 Å². The van der Waals surface area contributed by atoms with Gasteiger partial charge < -0.3 is 25.3 Å². The highest BCUT2D eigenvalue weighted by atomic mass is 16.4. The third-order valence-electron chi connectivity index (χ3n) is 3.61. The van der Waals surface area contributed by atoms with Crippen molar-refractivity contribution >= 4 is 12.0 Å². The molecule has 3 N–H and O–H groups in total. The van der Waals surface area contributed by atoms with E-state index in [1.807, 2.05) is 11.9 Å². The van der Waals surface area contributed by atoms with E-state index < -0.39 is 12.1 Å². The summed E-state index contributed by atoms with van der Waals surface area (Å²) in [6, 6.07) is -0.00311. The zero-order chi connectivity index (χ0) is 15.1. The minimum absolute atomic E-state index is 0.0195. The van der Waals surface area contributed by atoms with E-state index in [1.54, 1.807) is 0 Å². The molecule has 1 rings (SSSR count). The molecule has 7 heteroatoms. The molecular formula is C13H25N3O4. The number of aliphatic hydroxyl groups is 1. The molecule has 0 radical (unpaired) electrons. The fourth-order valence-corrected chi connectivity index (χ4v) is 2.40. The van der Waals surface area contributed by atoms with Crippen LogP contribution in [0, 0.1) is 0 Å². The summed E-state index contributed by atoms with van der Waals surface area (Å²) < 4.78 is 0. The fourth-order valence-electron chi connectivity index (χ4n) is 2.40. The number of urea groups is 1. The van der Waals surface area contributed by atoms with Crippen molar-refractivity contribution in [3.8, 4) is 0 Å². The van der Waals surface area contributed by atoms with Crippen molar-refractivity contribution in [2.24, 2.45) is 0 Å². The van der Waals surface area contributed by atoms with Crippen molar-refractivity contribution in [1.29, 1.82) is 0 Å². The van der Waals surface area contributed by atoms with Crippen LogP contribution in [0.4, 0.5) is 4.79 Å². The van der Waals surface area contributed by atoms with Crippen molar-refractivity contribution in [3.63, 3.8) is 0 Å². The fraction of sp³-hybridized carbons (Fsp3) is 0.846. The van der Waals surface area contributed by atoms with Gasteiger partial charge in [0.2, 0.25) is 0 Å². The van der Waals surface area contributed by atoms with Gasteiger partial charge in [-0.05, 0) is 26.4 Å². The van der Waals surface area contributed by atoms with Crippen molar-refractivity contribution < 1.29 is 19.8 Å². The average molecular weight is 287 g/mol. The summed E-state index contributed by atoms with van der Waals surface area (Å²) in [6.45, 7) is 4.74. The predicted octanol–water partition coefficient (Wildman–Crippen LogP) is -0.0523. The summed E-state index contributed by atoms with van der Waals surface area (Å²) >= 11 is 0. The Hall–Kier alpha value is -1.34. The summed E-state index contributed by atoms with van der Waals surface area (Å²) in [5.74, 6) is -1.26. The summed E-state index contributed by atoms with van der Waals surface area (Å²) in [5, 5.41) is 20.4. The lowest BCUT2D eigenvalue weighted by Gasteiger charge is -2.30. The van der Waals surface area contributed by atoms with Gasteiger partial charge >= 0.3 is 12.0 Å². The summed E-state index contributed by atoms with van der Waals surface area (Å²) in [6.07, 6.45) is 0.409. The molecule has 0 aromatic heterocycles. The number of amides is 2. The molecule has 2 unspecified atom stereocenters. The van der Waals surface area contributed by atoms with Crippen LogP contribution in [0.3, 0.4) is 0 Å². The zero-order valence-corrected chi connectivity index (χ0v) is 12.2. The van der Waals surface area contributed by atoms with Crippen LogP contribution in [0.5, 0.6) is 0 Å². The Morgan fingerprint density at radius 1 is 1.40 bits per heavy atom. The maximum absolute atomic E-state index is 12.1. The van der Waals surface area contributed by atoms with Gasteiger partial charge in [0.15, 0.2) is 6.10 Å². The smallest absolute Gasteiger partial charge is 0.332 e. The summed E-state index contributed by atoms with van der Waals surface area (Å²) in [4.78, 5) is 26.7. The van der Waals surface area contributed by atoms with Crippen LogP contribution in [0.25, 0.3) is 0 Å². The molecule has 0 aromatic carbocycles. The molecule has 0 aliphatic carbocycles. The summed E-state index contributed by atoms with van der Waals surface area (Å²) in [5.41, 5.74) is 0. The normalized spacial score (nSPS) is 22.1. The molecule has 0 saturated carbocycles. The van der Waals surface area contributed by atoms with Gasteiger partial charge in [-0.2, -0.15) is 0 Å². The molecule has 1 aliphatic rings. The maximum atomic E-state index is 12.1. The first-order valence-corrected chi connectivity index (χ1v) is 7.09. The lowest BCUT2D eigenvalue weighted by molar-refractivity contribution is -0.146. The number of carbonyl (C=O) groups is 2. The third-order valence-corrected chi connectivity index (χ3v) is 3.61. The molecule has 2 amide bonds. The highest BCUT2D eigenvalue weighted by Crippen LogP contribution is 2.12. The second-order valence-electron chi connectivity index (χ2n) is 5.25. The Balaban J connectivity index is 2.45. The van der Waals surface area contributed by atoms with Crippen LogP contribution >= 0.6 is 0 Å². The molecule has 1 fully saturated rings. The van der Waals surface area contributed by atoms with Crippen molar-refractivity contribution in [2.75, 3.05) is 33.2 Å².